The van der Waals surface area contributed by atoms with E-state index in [1.165, 1.54) is 6.07 Å². The predicted octanol–water partition coefficient (Wildman–Crippen LogP) is 4.32. The Morgan fingerprint density at radius 1 is 1.21 bits per heavy atom. The molecule has 0 saturated carbocycles. The van der Waals surface area contributed by atoms with Crippen molar-refractivity contribution in [3.8, 4) is 5.75 Å². The number of pyridine rings is 1. The number of carbonyl (C=O) groups excluding carboxylic acids is 1. The number of halogens is 2. The fraction of sp³-hybridized carbons (Fsp3) is 0.367. The molecule has 1 saturated heterocycles. The summed E-state index contributed by atoms with van der Waals surface area (Å²) in [4.78, 5) is 31.4. The lowest BCUT2D eigenvalue weighted by Crippen LogP contribution is -2.47. The van der Waals surface area contributed by atoms with Crippen LogP contribution < -0.4 is 15.5 Å². The standard InChI is InChI=1S/C28H33F2N5O2.C2H6/c1-7-9-24(33(4)5)19(2)22-10-8-15-32-26(22)27(31-3)34(6)21-13-16-35(17-14-21)28(36)23-12-11-20(29)18-25(23)37-30;1-2/h7-12,15,18,21H,1,3,13-14,16-17H2,2,4-6H3;1-2H3/b22-19+,24-9-,27-26-;. The Labute approximate surface area is 230 Å². The number of hydrogen-bond acceptors (Lipinski definition) is 6. The van der Waals surface area contributed by atoms with Gasteiger partial charge in [0, 0.05) is 68.0 Å². The van der Waals surface area contributed by atoms with Gasteiger partial charge in [-0.25, -0.2) is 9.38 Å². The van der Waals surface area contributed by atoms with Crippen LogP contribution in [0, 0.1) is 5.82 Å². The summed E-state index contributed by atoms with van der Waals surface area (Å²) in [7, 11) is 5.89. The largest absolute Gasteiger partial charge is 0.377 e. The fourth-order valence-electron chi connectivity index (χ4n) is 4.63. The number of hydrogen-bond donors (Lipinski definition) is 0. The summed E-state index contributed by atoms with van der Waals surface area (Å²) in [6, 6.07) is 7.18. The third-order valence-corrected chi connectivity index (χ3v) is 6.61. The second kappa shape index (κ2) is 14.8. The van der Waals surface area contributed by atoms with Crippen molar-refractivity contribution in [2.45, 2.75) is 39.7 Å². The number of likely N-dealkylation sites (tertiary alicyclic amines) is 1. The highest BCUT2D eigenvalue weighted by Gasteiger charge is 2.29. The van der Waals surface area contributed by atoms with Crippen molar-refractivity contribution in [3.05, 3.63) is 82.9 Å². The summed E-state index contributed by atoms with van der Waals surface area (Å²) in [6.07, 6.45) is 6.73. The molecule has 0 bridgehead atoms. The number of piperidine rings is 1. The van der Waals surface area contributed by atoms with Gasteiger partial charge in [-0.3, -0.25) is 14.7 Å². The first-order valence-electron chi connectivity index (χ1n) is 13.0. The molecule has 7 nitrogen and oxygen atoms in total. The molecule has 2 heterocycles. The first-order chi connectivity index (χ1) is 18.7. The third kappa shape index (κ3) is 7.31. The van der Waals surface area contributed by atoms with Gasteiger partial charge in [0.2, 0.25) is 0 Å². The minimum absolute atomic E-state index is 0.0101. The monoisotopic (exact) mass is 539 g/mol. The van der Waals surface area contributed by atoms with Gasteiger partial charge in [0.1, 0.15) is 11.2 Å². The Morgan fingerprint density at radius 2 is 1.87 bits per heavy atom. The maximum atomic E-state index is 13.4. The van der Waals surface area contributed by atoms with Gasteiger partial charge in [-0.2, -0.15) is 0 Å². The lowest BCUT2D eigenvalue weighted by molar-refractivity contribution is -0.00805. The highest BCUT2D eigenvalue weighted by Crippen LogP contribution is 2.25. The molecule has 0 atom stereocenters. The summed E-state index contributed by atoms with van der Waals surface area (Å²) in [5.41, 5.74) is 2.01. The normalized spacial score (nSPS) is 15.4. The van der Waals surface area contributed by atoms with Crippen molar-refractivity contribution in [2.24, 2.45) is 4.99 Å². The van der Waals surface area contributed by atoms with Crippen LogP contribution in [-0.4, -0.2) is 72.6 Å². The molecular weight excluding hydrogens is 500 g/mol. The molecule has 3 rings (SSSR count). The molecule has 1 fully saturated rings. The third-order valence-electron chi connectivity index (χ3n) is 6.61. The topological polar surface area (TPSA) is 61.3 Å². The van der Waals surface area contributed by atoms with Crippen LogP contribution in [-0.2, 0) is 0 Å². The molecule has 0 aliphatic carbocycles. The second-order valence-electron chi connectivity index (χ2n) is 9.04. The molecule has 1 aliphatic rings. The zero-order valence-corrected chi connectivity index (χ0v) is 23.7. The van der Waals surface area contributed by atoms with E-state index in [2.05, 4.69) is 33.1 Å². The molecule has 0 unspecified atom stereocenters. The van der Waals surface area contributed by atoms with E-state index in [1.807, 2.05) is 65.0 Å². The molecule has 0 spiro atoms. The van der Waals surface area contributed by atoms with Gasteiger partial charge in [0.05, 0.1) is 5.56 Å². The van der Waals surface area contributed by atoms with Gasteiger partial charge < -0.3 is 14.7 Å². The maximum absolute atomic E-state index is 13.4. The highest BCUT2D eigenvalue weighted by atomic mass is 19.3. The number of nitrogens with zero attached hydrogens (tertiary/aromatic N) is 5. The lowest BCUT2D eigenvalue weighted by atomic mass is 10.0. The van der Waals surface area contributed by atoms with E-state index in [9.17, 15) is 13.7 Å². The van der Waals surface area contributed by atoms with E-state index >= 15 is 0 Å². The fourth-order valence-corrected chi connectivity index (χ4v) is 4.63. The van der Waals surface area contributed by atoms with Crippen LogP contribution in [0.25, 0.3) is 11.4 Å². The van der Waals surface area contributed by atoms with E-state index in [0.717, 1.165) is 28.6 Å². The summed E-state index contributed by atoms with van der Waals surface area (Å²) in [5.74, 6) is -0.860. The first kappa shape index (κ1) is 31.2. The molecule has 1 aliphatic heterocycles. The summed E-state index contributed by atoms with van der Waals surface area (Å²) < 4.78 is 26.3. The zero-order chi connectivity index (χ0) is 29.1. The lowest BCUT2D eigenvalue weighted by Gasteiger charge is -2.37. The van der Waals surface area contributed by atoms with Gasteiger partial charge in [0.15, 0.2) is 11.6 Å². The minimum Gasteiger partial charge on any atom is -0.377 e. The van der Waals surface area contributed by atoms with Gasteiger partial charge in [-0.05, 0) is 56.3 Å². The van der Waals surface area contributed by atoms with E-state index in [-0.39, 0.29) is 11.6 Å². The summed E-state index contributed by atoms with van der Waals surface area (Å²) in [5, 5.41) is 1.64. The maximum Gasteiger partial charge on any atom is 0.257 e. The summed E-state index contributed by atoms with van der Waals surface area (Å²) in [6.45, 7) is 14.6. The predicted molar refractivity (Wildman–Crippen MR) is 154 cm³/mol. The van der Waals surface area contributed by atoms with Crippen molar-refractivity contribution in [3.63, 3.8) is 0 Å². The van der Waals surface area contributed by atoms with Crippen LogP contribution >= 0.6 is 0 Å². The second-order valence-corrected chi connectivity index (χ2v) is 9.04. The van der Waals surface area contributed by atoms with Gasteiger partial charge >= 0.3 is 0 Å². The Morgan fingerprint density at radius 3 is 2.44 bits per heavy atom. The molecule has 210 valence electrons. The van der Waals surface area contributed by atoms with Gasteiger partial charge in [-0.1, -0.05) is 32.6 Å². The smallest absolute Gasteiger partial charge is 0.257 e. The average molecular weight is 540 g/mol. The molecule has 9 heteroatoms. The Hall–Kier alpha value is -4.01. The average Bonchev–Trinajstić information content (AvgIpc) is 2.96. The number of rotatable bonds is 8. The molecule has 2 aromatic rings. The molecule has 39 heavy (non-hydrogen) atoms. The van der Waals surface area contributed by atoms with Gasteiger partial charge in [-0.15, -0.1) is 0 Å². The Bertz CT molecular complexity index is 1310. The number of aliphatic imine (C=N–C) groups is 1. The van der Waals surface area contributed by atoms with Crippen LogP contribution in [0.4, 0.5) is 8.92 Å². The van der Waals surface area contributed by atoms with E-state index < -0.39 is 17.5 Å². The number of amides is 1. The zero-order valence-electron chi connectivity index (χ0n) is 23.7. The van der Waals surface area contributed by atoms with Crippen LogP contribution in [0.2, 0.25) is 0 Å². The molecule has 0 radical (unpaired) electrons. The van der Waals surface area contributed by atoms with Crippen molar-refractivity contribution in [1.82, 2.24) is 19.7 Å². The Kier molecular flexibility index (Phi) is 11.8. The number of carbonyl (C=O) groups is 1. The van der Waals surface area contributed by atoms with Crippen LogP contribution in [0.15, 0.2) is 65.9 Å². The molecule has 1 aromatic heterocycles. The van der Waals surface area contributed by atoms with Crippen molar-refractivity contribution in [1.29, 1.82) is 0 Å². The highest BCUT2D eigenvalue weighted by molar-refractivity contribution is 5.97. The molecular formula is C30H39F2N5O2. The molecule has 0 N–H and O–H groups in total. The van der Waals surface area contributed by atoms with Crippen LogP contribution in [0.3, 0.4) is 0 Å². The van der Waals surface area contributed by atoms with E-state index in [4.69, 9.17) is 0 Å². The minimum atomic E-state index is -0.677. The number of benzene rings is 1. The van der Waals surface area contributed by atoms with Crippen LogP contribution in [0.1, 0.15) is 44.0 Å². The number of aromatic nitrogens is 1. The van der Waals surface area contributed by atoms with Crippen LogP contribution in [0.5, 0.6) is 5.75 Å². The van der Waals surface area contributed by atoms with E-state index in [0.29, 0.717) is 37.1 Å². The SMILES string of the molecule is C=C/C=C(/C(C)=c1\cccn\c1=C(\N=C)N(C)C1CCN(C(=O)c2ccc(F)cc2OF)CC1)N(C)C.CC. The Balaban J connectivity index is 0.00000260. The molecule has 1 amide bonds. The number of allylic oxidation sites excluding steroid dienone is 3. The van der Waals surface area contributed by atoms with E-state index in [1.54, 1.807) is 17.2 Å². The van der Waals surface area contributed by atoms with Crippen molar-refractivity contribution in [2.75, 3.05) is 34.2 Å². The summed E-state index contributed by atoms with van der Waals surface area (Å²) >= 11 is 0. The molecule has 1 aromatic carbocycles. The van der Waals surface area contributed by atoms with Crippen molar-refractivity contribution >= 4 is 24.0 Å². The first-order valence-corrected chi connectivity index (χ1v) is 13.0. The van der Waals surface area contributed by atoms with Gasteiger partial charge in [0.25, 0.3) is 5.91 Å². The van der Waals surface area contributed by atoms with Crippen molar-refractivity contribution < 1.29 is 18.7 Å². The quantitative estimate of drug-likeness (QED) is 0.370.